The number of likely N-dealkylation sites (N-methyl/N-ethyl adjacent to an activating group) is 1. The van der Waals surface area contributed by atoms with E-state index in [1.165, 1.54) is 11.1 Å². The van der Waals surface area contributed by atoms with Crippen molar-refractivity contribution in [3.05, 3.63) is 35.4 Å². The van der Waals surface area contributed by atoms with Crippen LogP contribution in [0.5, 0.6) is 0 Å². The zero-order valence-electron chi connectivity index (χ0n) is 12.6. The first kappa shape index (κ1) is 15.9. The molecular weight excluding hydrogens is 236 g/mol. The topological polar surface area (TPSA) is 32.3 Å². The fraction of sp³-hybridized carbons (Fsp3) is 0.562. The maximum Gasteiger partial charge on any atom is 0.133 e. The molecule has 19 heavy (non-hydrogen) atoms. The number of nitrogens with zero attached hydrogens (tertiary/aromatic N) is 1. The van der Waals surface area contributed by atoms with E-state index >= 15 is 0 Å². The molecule has 106 valence electrons. The van der Waals surface area contributed by atoms with Gasteiger partial charge in [-0.05, 0) is 19.5 Å². The number of rotatable bonds is 8. The fourth-order valence-corrected chi connectivity index (χ4v) is 2.28. The number of carbonyl (C=O) groups is 1. The molecule has 1 rings (SSSR count). The van der Waals surface area contributed by atoms with Crippen LogP contribution >= 0.6 is 0 Å². The SMILES string of the molecule is Cc1ccc(C(C)(C)CN(C)CCNCC=O)cc1. The Bertz CT molecular complexity index is 384. The van der Waals surface area contributed by atoms with Crippen LogP contribution in [0, 0.1) is 6.92 Å². The lowest BCUT2D eigenvalue weighted by molar-refractivity contribution is -0.107. The highest BCUT2D eigenvalue weighted by Crippen LogP contribution is 2.24. The number of aryl methyl sites for hydroxylation is 1. The Balaban J connectivity index is 2.48. The number of carbonyl (C=O) groups excluding carboxylic acids is 1. The average Bonchev–Trinajstić information content (AvgIpc) is 2.34. The Morgan fingerprint density at radius 1 is 1.26 bits per heavy atom. The molecule has 0 saturated heterocycles. The van der Waals surface area contributed by atoms with Gasteiger partial charge in [-0.1, -0.05) is 43.7 Å². The predicted molar refractivity (Wildman–Crippen MR) is 80.6 cm³/mol. The van der Waals surface area contributed by atoms with Gasteiger partial charge in [0.25, 0.3) is 0 Å². The van der Waals surface area contributed by atoms with E-state index in [4.69, 9.17) is 0 Å². The lowest BCUT2D eigenvalue weighted by atomic mass is 9.84. The molecule has 3 heteroatoms. The van der Waals surface area contributed by atoms with Crippen LogP contribution in [0.25, 0.3) is 0 Å². The van der Waals surface area contributed by atoms with E-state index < -0.39 is 0 Å². The summed E-state index contributed by atoms with van der Waals surface area (Å²) in [6.07, 6.45) is 0.899. The Kier molecular flexibility index (Phi) is 6.19. The second-order valence-corrected chi connectivity index (χ2v) is 5.86. The van der Waals surface area contributed by atoms with Gasteiger partial charge in [0.1, 0.15) is 6.29 Å². The third-order valence-corrected chi connectivity index (χ3v) is 3.40. The molecule has 0 amide bonds. The van der Waals surface area contributed by atoms with Crippen molar-refractivity contribution in [2.75, 3.05) is 33.2 Å². The van der Waals surface area contributed by atoms with Crippen molar-refractivity contribution in [1.82, 2.24) is 10.2 Å². The molecule has 0 aliphatic carbocycles. The van der Waals surface area contributed by atoms with Crippen molar-refractivity contribution >= 4 is 6.29 Å². The van der Waals surface area contributed by atoms with E-state index in [2.05, 4.69) is 62.3 Å². The molecule has 1 aromatic rings. The van der Waals surface area contributed by atoms with Crippen LogP contribution in [-0.4, -0.2) is 44.4 Å². The van der Waals surface area contributed by atoms with E-state index in [-0.39, 0.29) is 5.41 Å². The van der Waals surface area contributed by atoms with Gasteiger partial charge >= 0.3 is 0 Å². The molecule has 1 N–H and O–H groups in total. The van der Waals surface area contributed by atoms with Crippen LogP contribution in [0.4, 0.5) is 0 Å². The van der Waals surface area contributed by atoms with E-state index in [1.54, 1.807) is 0 Å². The molecule has 0 fully saturated rings. The summed E-state index contributed by atoms with van der Waals surface area (Å²) < 4.78 is 0. The second-order valence-electron chi connectivity index (χ2n) is 5.86. The molecule has 0 radical (unpaired) electrons. The molecule has 0 saturated carbocycles. The van der Waals surface area contributed by atoms with Crippen LogP contribution in [0.1, 0.15) is 25.0 Å². The van der Waals surface area contributed by atoms with Gasteiger partial charge in [-0.3, -0.25) is 0 Å². The van der Waals surface area contributed by atoms with Crippen molar-refractivity contribution in [2.24, 2.45) is 0 Å². The summed E-state index contributed by atoms with van der Waals surface area (Å²) in [6, 6.07) is 8.77. The molecule has 0 spiro atoms. The number of aldehydes is 1. The Labute approximate surface area is 117 Å². The molecule has 0 aromatic heterocycles. The van der Waals surface area contributed by atoms with E-state index in [0.29, 0.717) is 6.54 Å². The minimum absolute atomic E-state index is 0.132. The Morgan fingerprint density at radius 3 is 2.47 bits per heavy atom. The highest BCUT2D eigenvalue weighted by Gasteiger charge is 2.22. The van der Waals surface area contributed by atoms with Crippen molar-refractivity contribution < 1.29 is 4.79 Å². The summed E-state index contributed by atoms with van der Waals surface area (Å²) in [5, 5.41) is 3.09. The Morgan fingerprint density at radius 2 is 1.89 bits per heavy atom. The highest BCUT2D eigenvalue weighted by atomic mass is 16.1. The molecule has 0 aliphatic heterocycles. The summed E-state index contributed by atoms with van der Waals surface area (Å²) in [4.78, 5) is 12.5. The zero-order chi connectivity index (χ0) is 14.3. The van der Waals surface area contributed by atoms with E-state index in [1.807, 2.05) is 0 Å². The fourth-order valence-electron chi connectivity index (χ4n) is 2.28. The first-order valence-corrected chi connectivity index (χ1v) is 6.86. The summed E-state index contributed by atoms with van der Waals surface area (Å²) >= 11 is 0. The van der Waals surface area contributed by atoms with Gasteiger partial charge in [0, 0.05) is 25.0 Å². The molecule has 0 atom stereocenters. The Hall–Kier alpha value is -1.19. The molecule has 3 nitrogen and oxygen atoms in total. The molecule has 0 bridgehead atoms. The largest absolute Gasteiger partial charge is 0.309 e. The molecule has 0 unspecified atom stereocenters. The minimum Gasteiger partial charge on any atom is -0.309 e. The first-order chi connectivity index (χ1) is 8.95. The van der Waals surface area contributed by atoms with Gasteiger partial charge in [-0.15, -0.1) is 0 Å². The van der Waals surface area contributed by atoms with Crippen LogP contribution in [0.2, 0.25) is 0 Å². The lowest BCUT2D eigenvalue weighted by Gasteiger charge is -2.31. The van der Waals surface area contributed by atoms with Crippen LogP contribution < -0.4 is 5.32 Å². The van der Waals surface area contributed by atoms with Gasteiger partial charge < -0.3 is 15.0 Å². The maximum absolute atomic E-state index is 10.2. The van der Waals surface area contributed by atoms with Crippen molar-refractivity contribution in [2.45, 2.75) is 26.2 Å². The molecule has 0 aliphatic rings. The normalized spacial score (nSPS) is 11.8. The van der Waals surface area contributed by atoms with Crippen molar-refractivity contribution in [1.29, 1.82) is 0 Å². The minimum atomic E-state index is 0.132. The van der Waals surface area contributed by atoms with Gasteiger partial charge in [0.15, 0.2) is 0 Å². The molecular formula is C16H26N2O. The molecule has 0 heterocycles. The van der Waals surface area contributed by atoms with Crippen molar-refractivity contribution in [3.63, 3.8) is 0 Å². The van der Waals surface area contributed by atoms with E-state index in [0.717, 1.165) is 25.9 Å². The summed E-state index contributed by atoms with van der Waals surface area (Å²) in [5.41, 5.74) is 2.80. The third kappa shape index (κ3) is 5.53. The van der Waals surface area contributed by atoms with Crippen molar-refractivity contribution in [3.8, 4) is 0 Å². The first-order valence-electron chi connectivity index (χ1n) is 6.86. The zero-order valence-corrected chi connectivity index (χ0v) is 12.6. The number of nitrogens with one attached hydrogen (secondary N) is 1. The van der Waals surface area contributed by atoms with Gasteiger partial charge in [-0.2, -0.15) is 0 Å². The number of hydrogen-bond donors (Lipinski definition) is 1. The van der Waals surface area contributed by atoms with Gasteiger partial charge in [0.2, 0.25) is 0 Å². The predicted octanol–water partition coefficient (Wildman–Crippen LogP) is 1.99. The van der Waals surface area contributed by atoms with Crippen LogP contribution in [-0.2, 0) is 10.2 Å². The van der Waals surface area contributed by atoms with Crippen LogP contribution in [0.15, 0.2) is 24.3 Å². The summed E-state index contributed by atoms with van der Waals surface area (Å²) in [6.45, 7) is 9.89. The third-order valence-electron chi connectivity index (χ3n) is 3.40. The highest BCUT2D eigenvalue weighted by molar-refractivity contribution is 5.51. The number of hydrogen-bond acceptors (Lipinski definition) is 3. The standard InChI is InChI=1S/C16H26N2O/c1-14-5-7-15(8-6-14)16(2,3)13-18(4)11-9-17-10-12-19/h5-8,12,17H,9-11,13H2,1-4H3. The van der Waals surface area contributed by atoms with Crippen LogP contribution in [0.3, 0.4) is 0 Å². The summed E-state index contributed by atoms with van der Waals surface area (Å²) in [5.74, 6) is 0. The van der Waals surface area contributed by atoms with Gasteiger partial charge in [-0.25, -0.2) is 0 Å². The van der Waals surface area contributed by atoms with E-state index in [9.17, 15) is 4.79 Å². The summed E-state index contributed by atoms with van der Waals surface area (Å²) in [7, 11) is 2.12. The second kappa shape index (κ2) is 7.41. The smallest absolute Gasteiger partial charge is 0.133 e. The van der Waals surface area contributed by atoms with Gasteiger partial charge in [0.05, 0.1) is 6.54 Å². The quantitative estimate of drug-likeness (QED) is 0.574. The average molecular weight is 262 g/mol. The maximum atomic E-state index is 10.2. The lowest BCUT2D eigenvalue weighted by Crippen LogP contribution is -2.38. The number of benzene rings is 1. The molecule has 1 aromatic carbocycles. The monoisotopic (exact) mass is 262 g/mol.